The molecule has 138 valence electrons. The van der Waals surface area contributed by atoms with Crippen LogP contribution in [-0.2, 0) is 13.5 Å². The van der Waals surface area contributed by atoms with E-state index in [9.17, 15) is 4.79 Å². The van der Waals surface area contributed by atoms with Crippen LogP contribution in [0.5, 0.6) is 0 Å². The molecule has 5 rings (SSSR count). The van der Waals surface area contributed by atoms with Crippen molar-refractivity contribution in [3.05, 3.63) is 64.6 Å². The van der Waals surface area contributed by atoms with Gasteiger partial charge in [-0.05, 0) is 13.0 Å². The van der Waals surface area contributed by atoms with E-state index in [0.717, 1.165) is 32.7 Å². The lowest BCUT2D eigenvalue weighted by atomic mass is 10.0. The maximum atomic E-state index is 13.1. The third-order valence-electron chi connectivity index (χ3n) is 4.73. The van der Waals surface area contributed by atoms with Gasteiger partial charge in [0.15, 0.2) is 11.4 Å². The van der Waals surface area contributed by atoms with Gasteiger partial charge in [0, 0.05) is 40.8 Å². The molecule has 0 spiro atoms. The van der Waals surface area contributed by atoms with Gasteiger partial charge >= 0.3 is 0 Å². The normalized spacial score (nSPS) is 11.5. The number of carbonyl (C=O) groups is 1. The molecular formula is C20H16N6OS. The van der Waals surface area contributed by atoms with E-state index in [4.69, 9.17) is 0 Å². The van der Waals surface area contributed by atoms with Crippen molar-refractivity contribution in [1.29, 1.82) is 0 Å². The Labute approximate surface area is 164 Å². The van der Waals surface area contributed by atoms with Crippen molar-refractivity contribution < 1.29 is 4.79 Å². The molecule has 0 saturated heterocycles. The fourth-order valence-electron chi connectivity index (χ4n) is 3.46. The molecule has 0 N–H and O–H groups in total. The van der Waals surface area contributed by atoms with Crippen LogP contribution in [-0.4, -0.2) is 35.1 Å². The second-order valence-electron chi connectivity index (χ2n) is 6.66. The molecule has 0 fully saturated rings. The van der Waals surface area contributed by atoms with E-state index in [1.165, 1.54) is 17.7 Å². The molecule has 0 radical (unpaired) electrons. The predicted molar refractivity (Wildman–Crippen MR) is 108 cm³/mol. The molecule has 0 aliphatic rings. The molecular weight excluding hydrogens is 372 g/mol. The van der Waals surface area contributed by atoms with Gasteiger partial charge in [0.2, 0.25) is 0 Å². The van der Waals surface area contributed by atoms with Crippen LogP contribution in [0, 0.1) is 6.92 Å². The number of carbonyl (C=O) groups excluding carboxylic acids is 1. The number of Topliss-reactive ketones (excluding diaryl/α,β-unsaturated/α-hetero) is 1. The number of para-hydroxylation sites is 1. The molecule has 0 saturated carbocycles. The Morgan fingerprint density at radius 3 is 2.96 bits per heavy atom. The fraction of sp³-hybridized carbons (Fsp3) is 0.150. The lowest BCUT2D eigenvalue weighted by molar-refractivity contribution is 0.0994. The van der Waals surface area contributed by atoms with Crippen LogP contribution in [0.1, 0.15) is 21.1 Å². The largest absolute Gasteiger partial charge is 0.294 e. The molecule has 0 atom stereocenters. The van der Waals surface area contributed by atoms with Crippen molar-refractivity contribution in [2.24, 2.45) is 7.05 Å². The lowest BCUT2D eigenvalue weighted by Gasteiger charge is -2.09. The Kier molecular flexibility index (Phi) is 3.80. The summed E-state index contributed by atoms with van der Waals surface area (Å²) in [6.07, 6.45) is 5.45. The third-order valence-corrected chi connectivity index (χ3v) is 5.69. The number of thiazole rings is 1. The molecule has 5 aromatic rings. The Morgan fingerprint density at radius 1 is 1.25 bits per heavy atom. The molecule has 0 amide bonds. The van der Waals surface area contributed by atoms with E-state index in [2.05, 4.69) is 20.2 Å². The molecule has 4 aromatic heterocycles. The minimum absolute atomic E-state index is 0.0219. The summed E-state index contributed by atoms with van der Waals surface area (Å²) in [7, 11) is 1.91. The Balaban J connectivity index is 1.67. The maximum Gasteiger partial charge on any atom is 0.173 e. The van der Waals surface area contributed by atoms with E-state index >= 15 is 0 Å². The van der Waals surface area contributed by atoms with E-state index in [1.807, 2.05) is 60.7 Å². The van der Waals surface area contributed by atoms with Crippen molar-refractivity contribution in [1.82, 2.24) is 29.4 Å². The Hall–Kier alpha value is -3.39. The van der Waals surface area contributed by atoms with E-state index in [0.29, 0.717) is 11.2 Å². The lowest BCUT2D eigenvalue weighted by Crippen LogP contribution is -2.07. The van der Waals surface area contributed by atoms with Gasteiger partial charge < -0.3 is 0 Å². The highest BCUT2D eigenvalue weighted by Crippen LogP contribution is 2.30. The average Bonchev–Trinajstić information content (AvgIpc) is 3.41. The van der Waals surface area contributed by atoms with Crippen molar-refractivity contribution in [2.75, 3.05) is 0 Å². The summed E-state index contributed by atoms with van der Waals surface area (Å²) < 4.78 is 3.50. The van der Waals surface area contributed by atoms with Crippen LogP contribution >= 0.6 is 11.3 Å². The van der Waals surface area contributed by atoms with Gasteiger partial charge in [-0.3, -0.25) is 9.48 Å². The molecule has 0 bridgehead atoms. The second kappa shape index (κ2) is 6.35. The Bertz CT molecular complexity index is 1350. The van der Waals surface area contributed by atoms with Gasteiger partial charge in [0.1, 0.15) is 11.3 Å². The van der Waals surface area contributed by atoms with E-state index < -0.39 is 0 Å². The van der Waals surface area contributed by atoms with E-state index in [1.54, 1.807) is 4.52 Å². The van der Waals surface area contributed by atoms with Gasteiger partial charge in [-0.25, -0.2) is 14.5 Å². The maximum absolute atomic E-state index is 13.1. The smallest absolute Gasteiger partial charge is 0.173 e. The molecule has 4 heterocycles. The predicted octanol–water partition coefficient (Wildman–Crippen LogP) is 3.47. The highest BCUT2D eigenvalue weighted by atomic mass is 32.1. The number of aryl methyl sites for hydroxylation is 2. The van der Waals surface area contributed by atoms with E-state index in [-0.39, 0.29) is 12.2 Å². The monoisotopic (exact) mass is 388 g/mol. The van der Waals surface area contributed by atoms with Gasteiger partial charge in [0.25, 0.3) is 0 Å². The topological polar surface area (TPSA) is 78.0 Å². The van der Waals surface area contributed by atoms with Crippen LogP contribution in [0.2, 0.25) is 0 Å². The first-order valence-electron chi connectivity index (χ1n) is 8.79. The van der Waals surface area contributed by atoms with Gasteiger partial charge in [-0.1, -0.05) is 18.2 Å². The molecule has 0 unspecified atom stereocenters. The molecule has 28 heavy (non-hydrogen) atoms. The standard InChI is InChI=1S/C20H16N6OS/c1-12-10-28-18(24-12)7-17(27)16-6-14(9-26-20(16)21-11-23-26)15-5-3-4-13-8-22-25(2)19(13)15/h3-6,8-11H,7H2,1-2H3. The number of hydrogen-bond donors (Lipinski definition) is 0. The van der Waals surface area contributed by atoms with Crippen molar-refractivity contribution in [2.45, 2.75) is 13.3 Å². The van der Waals surface area contributed by atoms with Crippen molar-refractivity contribution in [3.63, 3.8) is 0 Å². The zero-order valence-electron chi connectivity index (χ0n) is 15.3. The highest BCUT2D eigenvalue weighted by molar-refractivity contribution is 7.09. The SMILES string of the molecule is Cc1csc(CC(=O)c2cc(-c3cccc4cnn(C)c34)cn3ncnc23)n1. The van der Waals surface area contributed by atoms with Crippen LogP contribution in [0.3, 0.4) is 0 Å². The van der Waals surface area contributed by atoms with Gasteiger partial charge in [-0.2, -0.15) is 10.2 Å². The van der Waals surface area contributed by atoms with Gasteiger partial charge in [-0.15, -0.1) is 11.3 Å². The number of pyridine rings is 1. The number of hydrogen-bond acceptors (Lipinski definition) is 6. The molecule has 0 aliphatic heterocycles. The summed E-state index contributed by atoms with van der Waals surface area (Å²) in [4.78, 5) is 21.8. The molecule has 7 nitrogen and oxygen atoms in total. The molecule has 8 heteroatoms. The number of fused-ring (bicyclic) bond motifs is 2. The van der Waals surface area contributed by atoms with Crippen LogP contribution in [0.15, 0.2) is 48.4 Å². The molecule has 0 aliphatic carbocycles. The Morgan fingerprint density at radius 2 is 2.14 bits per heavy atom. The second-order valence-corrected chi connectivity index (χ2v) is 7.61. The fourth-order valence-corrected chi connectivity index (χ4v) is 4.23. The van der Waals surface area contributed by atoms with Gasteiger partial charge in [0.05, 0.1) is 23.7 Å². The summed E-state index contributed by atoms with van der Waals surface area (Å²) in [6, 6.07) is 7.94. The highest BCUT2D eigenvalue weighted by Gasteiger charge is 2.18. The zero-order valence-corrected chi connectivity index (χ0v) is 16.1. The number of nitrogens with zero attached hydrogens (tertiary/aromatic N) is 6. The number of aromatic nitrogens is 6. The summed E-state index contributed by atoms with van der Waals surface area (Å²) >= 11 is 1.50. The minimum Gasteiger partial charge on any atom is -0.294 e. The zero-order chi connectivity index (χ0) is 19.3. The summed E-state index contributed by atoms with van der Waals surface area (Å²) in [5.41, 5.74) is 4.93. The average molecular weight is 388 g/mol. The summed E-state index contributed by atoms with van der Waals surface area (Å²) in [5.74, 6) is -0.0219. The van der Waals surface area contributed by atoms with Crippen molar-refractivity contribution >= 4 is 33.7 Å². The number of ketones is 1. The van der Waals surface area contributed by atoms with Crippen LogP contribution in [0.25, 0.3) is 27.7 Å². The first-order chi connectivity index (χ1) is 13.6. The van der Waals surface area contributed by atoms with Crippen molar-refractivity contribution in [3.8, 4) is 11.1 Å². The first kappa shape index (κ1) is 16.8. The van der Waals surface area contributed by atoms with Crippen LogP contribution < -0.4 is 0 Å². The minimum atomic E-state index is -0.0219. The first-order valence-corrected chi connectivity index (χ1v) is 9.67. The third kappa shape index (κ3) is 2.69. The summed E-state index contributed by atoms with van der Waals surface area (Å²) in [5, 5.41) is 12.4. The molecule has 1 aromatic carbocycles. The summed E-state index contributed by atoms with van der Waals surface area (Å²) in [6.45, 7) is 1.93. The number of rotatable bonds is 4. The quantitative estimate of drug-likeness (QED) is 0.441. The number of benzene rings is 1. The van der Waals surface area contributed by atoms with Crippen LogP contribution in [0.4, 0.5) is 0 Å².